The van der Waals surface area contributed by atoms with E-state index < -0.39 is 0 Å². The monoisotopic (exact) mass is 306 g/mol. The molecule has 1 aromatic carbocycles. The fourth-order valence-corrected chi connectivity index (χ4v) is 2.80. The summed E-state index contributed by atoms with van der Waals surface area (Å²) < 4.78 is 18.9. The van der Waals surface area contributed by atoms with Crippen LogP contribution in [0.3, 0.4) is 0 Å². The Kier molecular flexibility index (Phi) is 4.53. The molecule has 7 heteroatoms. The first-order chi connectivity index (χ1) is 10.7. The molecule has 0 bridgehead atoms. The van der Waals surface area contributed by atoms with Gasteiger partial charge in [-0.2, -0.15) is 5.10 Å². The van der Waals surface area contributed by atoms with E-state index in [0.717, 1.165) is 32.5 Å². The van der Waals surface area contributed by atoms with Crippen LogP contribution in [0.2, 0.25) is 0 Å². The summed E-state index contributed by atoms with van der Waals surface area (Å²) in [7, 11) is 0. The van der Waals surface area contributed by atoms with Crippen molar-refractivity contribution in [1.82, 2.24) is 20.1 Å². The number of nitrogens with zero attached hydrogens (tertiary/aromatic N) is 2. The molecule has 3 rings (SSSR count). The number of piperidine rings is 1. The molecule has 2 N–H and O–H groups in total. The molecule has 2 heterocycles. The molecule has 0 spiro atoms. The zero-order valence-corrected chi connectivity index (χ0v) is 12.2. The first kappa shape index (κ1) is 14.8. The SMILES string of the molecule is O=c1[nH]nc(C2CCCN(CCOc3ccccc3F)C2)[nH]1. The molecule has 1 saturated heterocycles. The van der Waals surface area contributed by atoms with Gasteiger partial charge in [0, 0.05) is 19.0 Å². The second-order valence-corrected chi connectivity index (χ2v) is 5.48. The van der Waals surface area contributed by atoms with Crippen molar-refractivity contribution in [3.63, 3.8) is 0 Å². The molecule has 1 fully saturated rings. The minimum atomic E-state index is -0.340. The topological polar surface area (TPSA) is 74.0 Å². The van der Waals surface area contributed by atoms with Crippen LogP contribution in [0, 0.1) is 5.82 Å². The summed E-state index contributed by atoms with van der Waals surface area (Å²) in [5, 5.41) is 6.42. The van der Waals surface area contributed by atoms with E-state index in [1.165, 1.54) is 6.07 Å². The van der Waals surface area contributed by atoms with Crippen molar-refractivity contribution in [3.8, 4) is 5.75 Å². The molecule has 1 aliphatic heterocycles. The number of aromatic nitrogens is 3. The maximum atomic E-state index is 13.5. The maximum Gasteiger partial charge on any atom is 0.340 e. The summed E-state index contributed by atoms with van der Waals surface area (Å²) in [6.45, 7) is 2.96. The second kappa shape index (κ2) is 6.74. The molecule has 2 aromatic rings. The predicted octanol–water partition coefficient (Wildman–Crippen LogP) is 1.50. The molecular weight excluding hydrogens is 287 g/mol. The van der Waals surface area contributed by atoms with Crippen LogP contribution >= 0.6 is 0 Å². The van der Waals surface area contributed by atoms with E-state index in [1.807, 2.05) is 0 Å². The van der Waals surface area contributed by atoms with Gasteiger partial charge in [0.2, 0.25) is 0 Å². The lowest BCUT2D eigenvalue weighted by Crippen LogP contribution is -2.37. The van der Waals surface area contributed by atoms with Crippen LogP contribution in [0.15, 0.2) is 29.1 Å². The Morgan fingerprint density at radius 3 is 3.05 bits per heavy atom. The number of ether oxygens (including phenoxy) is 1. The molecule has 6 nitrogen and oxygen atoms in total. The summed E-state index contributed by atoms with van der Waals surface area (Å²) in [6.07, 6.45) is 2.05. The third-order valence-electron chi connectivity index (χ3n) is 3.91. The highest BCUT2D eigenvalue weighted by atomic mass is 19.1. The first-order valence-electron chi connectivity index (χ1n) is 7.46. The van der Waals surface area contributed by atoms with Gasteiger partial charge in [0.1, 0.15) is 12.4 Å². The van der Waals surface area contributed by atoms with Gasteiger partial charge in [0.15, 0.2) is 11.6 Å². The van der Waals surface area contributed by atoms with Gasteiger partial charge in [-0.15, -0.1) is 0 Å². The number of hydrogen-bond acceptors (Lipinski definition) is 4. The summed E-state index contributed by atoms with van der Waals surface area (Å²) >= 11 is 0. The standard InChI is InChI=1S/C15H19FN4O2/c16-12-5-1-2-6-13(12)22-9-8-20-7-3-4-11(10-20)14-17-15(21)19-18-14/h1-2,5-6,11H,3-4,7-10H2,(H2,17,18,19,21). The lowest BCUT2D eigenvalue weighted by atomic mass is 9.97. The van der Waals surface area contributed by atoms with Crippen LogP contribution in [0.4, 0.5) is 4.39 Å². The summed E-state index contributed by atoms with van der Waals surface area (Å²) in [6, 6.07) is 6.41. The quantitative estimate of drug-likeness (QED) is 0.878. The molecule has 22 heavy (non-hydrogen) atoms. The van der Waals surface area contributed by atoms with Crippen molar-refractivity contribution in [2.45, 2.75) is 18.8 Å². The van der Waals surface area contributed by atoms with Gasteiger partial charge < -0.3 is 4.74 Å². The Bertz CT molecular complexity index is 669. The minimum absolute atomic E-state index is 0.223. The molecule has 0 saturated carbocycles. The molecule has 0 radical (unpaired) electrons. The molecule has 0 aliphatic carbocycles. The summed E-state index contributed by atoms with van der Waals surface area (Å²) in [4.78, 5) is 16.1. The summed E-state index contributed by atoms with van der Waals surface area (Å²) in [5.41, 5.74) is -0.269. The Morgan fingerprint density at radius 1 is 1.41 bits per heavy atom. The van der Waals surface area contributed by atoms with Crippen molar-refractivity contribution >= 4 is 0 Å². The number of aromatic amines is 2. The third kappa shape index (κ3) is 3.54. The predicted molar refractivity (Wildman–Crippen MR) is 79.5 cm³/mol. The highest BCUT2D eigenvalue weighted by molar-refractivity contribution is 5.23. The van der Waals surface area contributed by atoms with Crippen LogP contribution in [-0.2, 0) is 0 Å². The van der Waals surface area contributed by atoms with Crippen LogP contribution in [0.1, 0.15) is 24.6 Å². The second-order valence-electron chi connectivity index (χ2n) is 5.48. The molecule has 118 valence electrons. The van der Waals surface area contributed by atoms with Crippen molar-refractivity contribution < 1.29 is 9.13 Å². The number of likely N-dealkylation sites (tertiary alicyclic amines) is 1. The van der Waals surface area contributed by atoms with Gasteiger partial charge in [0.25, 0.3) is 0 Å². The number of H-pyrrole nitrogens is 2. The van der Waals surface area contributed by atoms with E-state index in [2.05, 4.69) is 20.1 Å². The number of para-hydroxylation sites is 1. The fraction of sp³-hybridized carbons (Fsp3) is 0.467. The van der Waals surface area contributed by atoms with Crippen molar-refractivity contribution in [1.29, 1.82) is 0 Å². The van der Waals surface area contributed by atoms with Crippen LogP contribution < -0.4 is 10.4 Å². The van der Waals surface area contributed by atoms with E-state index in [9.17, 15) is 9.18 Å². The number of benzene rings is 1. The zero-order chi connectivity index (χ0) is 15.4. The molecule has 1 atom stereocenters. The van der Waals surface area contributed by atoms with Crippen LogP contribution in [-0.4, -0.2) is 46.3 Å². The van der Waals surface area contributed by atoms with Gasteiger partial charge in [-0.3, -0.25) is 9.88 Å². The van der Waals surface area contributed by atoms with Gasteiger partial charge in [-0.25, -0.2) is 14.3 Å². The first-order valence-corrected chi connectivity index (χ1v) is 7.46. The highest BCUT2D eigenvalue weighted by Crippen LogP contribution is 2.23. The number of halogens is 1. The Labute approximate surface area is 127 Å². The molecule has 1 aromatic heterocycles. The highest BCUT2D eigenvalue weighted by Gasteiger charge is 2.23. The maximum absolute atomic E-state index is 13.5. The van der Waals surface area contributed by atoms with E-state index in [1.54, 1.807) is 18.2 Å². The van der Waals surface area contributed by atoms with Gasteiger partial charge in [-0.1, -0.05) is 12.1 Å². The van der Waals surface area contributed by atoms with E-state index in [-0.39, 0.29) is 23.2 Å². The molecule has 1 unspecified atom stereocenters. The Balaban J connectivity index is 1.50. The lowest BCUT2D eigenvalue weighted by Gasteiger charge is -2.31. The van der Waals surface area contributed by atoms with Gasteiger partial charge in [-0.05, 0) is 31.5 Å². The molecular formula is C15H19FN4O2. The lowest BCUT2D eigenvalue weighted by molar-refractivity contribution is 0.165. The Hall–Kier alpha value is -2.15. The average molecular weight is 306 g/mol. The Morgan fingerprint density at radius 2 is 2.27 bits per heavy atom. The fourth-order valence-electron chi connectivity index (χ4n) is 2.80. The average Bonchev–Trinajstić information content (AvgIpc) is 2.96. The smallest absolute Gasteiger partial charge is 0.340 e. The normalized spacial score (nSPS) is 19.2. The molecule has 0 amide bonds. The van der Waals surface area contributed by atoms with Gasteiger partial charge >= 0.3 is 5.69 Å². The van der Waals surface area contributed by atoms with E-state index >= 15 is 0 Å². The molecule has 1 aliphatic rings. The van der Waals surface area contributed by atoms with Gasteiger partial charge in [0.05, 0.1) is 0 Å². The zero-order valence-electron chi connectivity index (χ0n) is 12.2. The van der Waals surface area contributed by atoms with E-state index in [0.29, 0.717) is 12.4 Å². The van der Waals surface area contributed by atoms with Crippen molar-refractivity contribution in [2.75, 3.05) is 26.2 Å². The minimum Gasteiger partial charge on any atom is -0.489 e. The van der Waals surface area contributed by atoms with E-state index in [4.69, 9.17) is 4.74 Å². The summed E-state index contributed by atoms with van der Waals surface area (Å²) in [5.74, 6) is 0.881. The number of hydrogen-bond donors (Lipinski definition) is 2. The van der Waals surface area contributed by atoms with Crippen LogP contribution in [0.5, 0.6) is 5.75 Å². The number of rotatable bonds is 5. The third-order valence-corrected chi connectivity index (χ3v) is 3.91. The number of nitrogens with one attached hydrogen (secondary N) is 2. The van der Waals surface area contributed by atoms with Crippen LogP contribution in [0.25, 0.3) is 0 Å². The van der Waals surface area contributed by atoms with Crippen molar-refractivity contribution in [3.05, 3.63) is 46.4 Å². The largest absolute Gasteiger partial charge is 0.489 e. The van der Waals surface area contributed by atoms with Crippen molar-refractivity contribution in [2.24, 2.45) is 0 Å².